The largest absolute Gasteiger partial charge is 0.487 e. The van der Waals surface area contributed by atoms with Crippen LogP contribution in [-0.4, -0.2) is 52.4 Å². The van der Waals surface area contributed by atoms with Gasteiger partial charge in [0.05, 0.1) is 25.9 Å². The van der Waals surface area contributed by atoms with Crippen molar-refractivity contribution in [3.63, 3.8) is 0 Å². The second-order valence-electron chi connectivity index (χ2n) is 6.04. The third-order valence-electron chi connectivity index (χ3n) is 3.89. The summed E-state index contributed by atoms with van der Waals surface area (Å²) in [4.78, 5) is 0. The summed E-state index contributed by atoms with van der Waals surface area (Å²) in [5.41, 5.74) is 0. The van der Waals surface area contributed by atoms with Crippen molar-refractivity contribution in [2.75, 3.05) is 46.2 Å². The van der Waals surface area contributed by atoms with Gasteiger partial charge < -0.3 is 28.4 Å². The molecule has 0 saturated carbocycles. The van der Waals surface area contributed by atoms with Crippen LogP contribution in [0.5, 0.6) is 23.0 Å². The Morgan fingerprint density at radius 2 is 1.04 bits per heavy atom. The molecule has 0 aromatic heterocycles. The fourth-order valence-corrected chi connectivity index (χ4v) is 2.56. The first kappa shape index (κ1) is 19.3. The van der Waals surface area contributed by atoms with Gasteiger partial charge in [0.2, 0.25) is 0 Å². The molecule has 0 unspecified atom stereocenters. The van der Waals surface area contributed by atoms with Crippen LogP contribution in [-0.2, 0) is 9.47 Å². The molecule has 146 valence electrons. The van der Waals surface area contributed by atoms with E-state index in [1.54, 1.807) is 0 Å². The Morgan fingerprint density at radius 3 is 1.56 bits per heavy atom. The van der Waals surface area contributed by atoms with Gasteiger partial charge in [0.1, 0.15) is 26.4 Å². The van der Waals surface area contributed by atoms with Gasteiger partial charge in [-0.1, -0.05) is 24.3 Å². The fourth-order valence-electron chi connectivity index (χ4n) is 2.56. The van der Waals surface area contributed by atoms with Crippen molar-refractivity contribution in [2.24, 2.45) is 0 Å². The van der Waals surface area contributed by atoms with Gasteiger partial charge in [-0.2, -0.15) is 0 Å². The van der Waals surface area contributed by atoms with E-state index < -0.39 is 0 Å². The van der Waals surface area contributed by atoms with E-state index in [9.17, 15) is 0 Å². The second kappa shape index (κ2) is 10.6. The summed E-state index contributed by atoms with van der Waals surface area (Å²) in [5.74, 6) is 2.79. The Morgan fingerprint density at radius 1 is 0.593 bits per heavy atom. The molecule has 0 bridgehead atoms. The molecule has 0 radical (unpaired) electrons. The molecule has 6 nitrogen and oxygen atoms in total. The van der Waals surface area contributed by atoms with Gasteiger partial charge in [-0.05, 0) is 31.2 Å². The summed E-state index contributed by atoms with van der Waals surface area (Å²) in [6.45, 7) is 5.09. The fraction of sp³-hybridized carbons (Fsp3) is 0.429. The number of benzene rings is 2. The number of ether oxygens (including phenoxy) is 6. The average Bonchev–Trinajstić information content (AvgIpc) is 2.70. The molecule has 1 aliphatic heterocycles. The first-order valence-electron chi connectivity index (χ1n) is 9.21. The maximum atomic E-state index is 5.85. The predicted molar refractivity (Wildman–Crippen MR) is 101 cm³/mol. The van der Waals surface area contributed by atoms with Gasteiger partial charge in [0.15, 0.2) is 23.0 Å². The van der Waals surface area contributed by atoms with Crippen LogP contribution in [0.2, 0.25) is 0 Å². The van der Waals surface area contributed by atoms with E-state index in [4.69, 9.17) is 28.4 Å². The van der Waals surface area contributed by atoms with Gasteiger partial charge in [-0.15, -0.1) is 0 Å². The summed E-state index contributed by atoms with van der Waals surface area (Å²) in [6.07, 6.45) is -0.0737. The van der Waals surface area contributed by atoms with Gasteiger partial charge in [0, 0.05) is 0 Å². The summed E-state index contributed by atoms with van der Waals surface area (Å²) in [6, 6.07) is 15.2. The number of para-hydroxylation sites is 4. The molecule has 0 spiro atoms. The monoisotopic (exact) mass is 374 g/mol. The quantitative estimate of drug-likeness (QED) is 0.705. The van der Waals surface area contributed by atoms with E-state index in [0.717, 1.165) is 0 Å². The SMILES string of the molecule is C[C@@H]1COc2ccccc2OCCOCCOc2ccccc2OCCO1. The van der Waals surface area contributed by atoms with E-state index in [0.29, 0.717) is 69.2 Å². The van der Waals surface area contributed by atoms with Crippen LogP contribution in [0.3, 0.4) is 0 Å². The average molecular weight is 374 g/mol. The molecule has 27 heavy (non-hydrogen) atoms. The lowest BCUT2D eigenvalue weighted by Crippen LogP contribution is -2.21. The van der Waals surface area contributed by atoms with Crippen LogP contribution >= 0.6 is 0 Å². The molecule has 3 rings (SSSR count). The number of hydrogen-bond donors (Lipinski definition) is 0. The highest BCUT2D eigenvalue weighted by Crippen LogP contribution is 2.27. The highest BCUT2D eigenvalue weighted by molar-refractivity contribution is 5.40. The molecule has 2 aromatic carbocycles. The molecule has 0 aliphatic carbocycles. The maximum absolute atomic E-state index is 5.85. The van der Waals surface area contributed by atoms with Crippen LogP contribution in [0.1, 0.15) is 6.92 Å². The zero-order valence-corrected chi connectivity index (χ0v) is 15.6. The van der Waals surface area contributed by atoms with E-state index >= 15 is 0 Å². The molecule has 1 heterocycles. The van der Waals surface area contributed by atoms with E-state index in [2.05, 4.69) is 0 Å². The zero-order chi connectivity index (χ0) is 18.7. The predicted octanol–water partition coefficient (Wildman–Crippen LogP) is 3.34. The molecule has 6 heteroatoms. The summed E-state index contributed by atoms with van der Waals surface area (Å²) in [5, 5.41) is 0. The minimum absolute atomic E-state index is 0.0737. The van der Waals surface area contributed by atoms with E-state index in [-0.39, 0.29) is 6.10 Å². The lowest BCUT2D eigenvalue weighted by Gasteiger charge is -2.18. The van der Waals surface area contributed by atoms with Crippen molar-refractivity contribution < 1.29 is 28.4 Å². The summed E-state index contributed by atoms with van der Waals surface area (Å²) >= 11 is 0. The molecule has 2 aromatic rings. The summed E-state index contributed by atoms with van der Waals surface area (Å²) in [7, 11) is 0. The van der Waals surface area contributed by atoms with Gasteiger partial charge in [-0.25, -0.2) is 0 Å². The van der Waals surface area contributed by atoms with Gasteiger partial charge in [0.25, 0.3) is 0 Å². The first-order chi connectivity index (χ1) is 13.3. The van der Waals surface area contributed by atoms with Gasteiger partial charge in [-0.3, -0.25) is 0 Å². The lowest BCUT2D eigenvalue weighted by atomic mass is 10.3. The van der Waals surface area contributed by atoms with Crippen LogP contribution < -0.4 is 18.9 Å². The third kappa shape index (κ3) is 6.34. The Labute approximate surface area is 159 Å². The first-order valence-corrected chi connectivity index (χ1v) is 9.21. The smallest absolute Gasteiger partial charge is 0.161 e. The number of fused-ring (bicyclic) bond motifs is 2. The van der Waals surface area contributed by atoms with E-state index in [1.807, 2.05) is 55.5 Å². The minimum Gasteiger partial charge on any atom is -0.487 e. The second-order valence-corrected chi connectivity index (χ2v) is 6.04. The highest BCUT2D eigenvalue weighted by Gasteiger charge is 2.09. The van der Waals surface area contributed by atoms with Crippen LogP contribution in [0.25, 0.3) is 0 Å². The minimum atomic E-state index is -0.0737. The molecular weight excluding hydrogens is 348 g/mol. The Hall–Kier alpha value is -2.44. The number of rotatable bonds is 0. The van der Waals surface area contributed by atoms with Crippen molar-refractivity contribution in [1.29, 1.82) is 0 Å². The molecule has 0 N–H and O–H groups in total. The third-order valence-corrected chi connectivity index (χ3v) is 3.89. The molecule has 1 atom stereocenters. The molecule has 0 saturated heterocycles. The normalized spacial score (nSPS) is 19.5. The number of hydrogen-bond acceptors (Lipinski definition) is 6. The zero-order valence-electron chi connectivity index (χ0n) is 15.6. The topological polar surface area (TPSA) is 55.4 Å². The molecular formula is C21H26O6. The highest BCUT2D eigenvalue weighted by atomic mass is 16.6. The maximum Gasteiger partial charge on any atom is 0.161 e. The van der Waals surface area contributed by atoms with Crippen LogP contribution in [0.15, 0.2) is 48.5 Å². The molecule has 0 amide bonds. The summed E-state index contributed by atoms with van der Waals surface area (Å²) < 4.78 is 34.5. The van der Waals surface area contributed by atoms with Crippen molar-refractivity contribution in [3.05, 3.63) is 48.5 Å². The van der Waals surface area contributed by atoms with Crippen LogP contribution in [0.4, 0.5) is 0 Å². The molecule has 1 aliphatic rings. The van der Waals surface area contributed by atoms with Gasteiger partial charge >= 0.3 is 0 Å². The van der Waals surface area contributed by atoms with Crippen molar-refractivity contribution in [2.45, 2.75) is 13.0 Å². The standard InChI is InChI=1S/C21H26O6/c1-17-16-27-21-9-5-4-8-20(21)25-13-11-22-10-12-24-18-6-2-3-7-19(18)26-15-14-23-17/h2-9,17H,10-16H2,1H3/t17-/m1/s1. The Kier molecular flexibility index (Phi) is 7.62. The van der Waals surface area contributed by atoms with Crippen molar-refractivity contribution >= 4 is 0 Å². The van der Waals surface area contributed by atoms with Crippen LogP contribution in [0, 0.1) is 0 Å². The lowest BCUT2D eigenvalue weighted by molar-refractivity contribution is 0.0152. The van der Waals surface area contributed by atoms with Crippen molar-refractivity contribution in [1.82, 2.24) is 0 Å². The Bertz CT molecular complexity index is 690. The molecule has 0 fully saturated rings. The van der Waals surface area contributed by atoms with E-state index in [1.165, 1.54) is 0 Å². The van der Waals surface area contributed by atoms with Crippen molar-refractivity contribution in [3.8, 4) is 23.0 Å². The Balaban J connectivity index is 1.60.